The van der Waals surface area contributed by atoms with Crippen molar-refractivity contribution in [2.45, 2.75) is 11.8 Å². The van der Waals surface area contributed by atoms with Gasteiger partial charge in [0.2, 0.25) is 5.95 Å². The van der Waals surface area contributed by atoms with E-state index < -0.39 is 0 Å². The van der Waals surface area contributed by atoms with Gasteiger partial charge in [-0.2, -0.15) is 0 Å². The number of aryl methyl sites for hydroxylation is 1. The second kappa shape index (κ2) is 4.63. The maximum Gasteiger partial charge on any atom is 0.205 e. The molecular formula is C15H15N3S. The number of hydrogen-bond acceptors (Lipinski definition) is 3. The molecule has 0 aliphatic carbocycles. The van der Waals surface area contributed by atoms with E-state index in [0.29, 0.717) is 5.95 Å². The Bertz CT molecular complexity index is 746. The summed E-state index contributed by atoms with van der Waals surface area (Å²) >= 11 is 1.72. The molecule has 0 amide bonds. The van der Waals surface area contributed by atoms with Gasteiger partial charge in [0, 0.05) is 4.90 Å². The molecule has 0 atom stereocenters. The van der Waals surface area contributed by atoms with Crippen LogP contribution in [-0.4, -0.2) is 15.8 Å². The Morgan fingerprint density at radius 3 is 2.74 bits per heavy atom. The lowest BCUT2D eigenvalue weighted by Crippen LogP contribution is -2.01. The van der Waals surface area contributed by atoms with Crippen LogP contribution in [0.4, 0.5) is 5.95 Å². The van der Waals surface area contributed by atoms with Crippen molar-refractivity contribution in [3.63, 3.8) is 0 Å². The van der Waals surface area contributed by atoms with Gasteiger partial charge < -0.3 is 5.73 Å². The molecule has 96 valence electrons. The number of rotatable bonds is 2. The fourth-order valence-electron chi connectivity index (χ4n) is 2.32. The second-order valence-corrected chi connectivity index (χ2v) is 5.33. The zero-order valence-corrected chi connectivity index (χ0v) is 11.7. The molecule has 19 heavy (non-hydrogen) atoms. The Morgan fingerprint density at radius 2 is 1.95 bits per heavy atom. The Hall–Kier alpha value is -1.94. The first-order chi connectivity index (χ1) is 9.20. The van der Waals surface area contributed by atoms with Gasteiger partial charge in [0.1, 0.15) is 0 Å². The molecule has 1 heterocycles. The number of imidazole rings is 1. The van der Waals surface area contributed by atoms with Crippen molar-refractivity contribution >= 4 is 28.7 Å². The molecule has 0 aliphatic heterocycles. The molecule has 4 heteroatoms. The highest BCUT2D eigenvalue weighted by atomic mass is 32.2. The third-order valence-electron chi connectivity index (χ3n) is 3.22. The number of nitrogens with zero attached hydrogens (tertiary/aromatic N) is 2. The number of thioether (sulfide) groups is 1. The van der Waals surface area contributed by atoms with Gasteiger partial charge in [-0.15, -0.1) is 11.8 Å². The fourth-order valence-corrected chi connectivity index (χ4v) is 2.78. The van der Waals surface area contributed by atoms with Gasteiger partial charge in [-0.1, -0.05) is 18.2 Å². The minimum absolute atomic E-state index is 0.530. The summed E-state index contributed by atoms with van der Waals surface area (Å²) in [4.78, 5) is 5.65. The van der Waals surface area contributed by atoms with Crippen LogP contribution in [0.2, 0.25) is 0 Å². The SMILES string of the molecule is CSc1cccc(-n2c(N)nc3cccc(C)c32)c1. The molecule has 1 aromatic heterocycles. The maximum atomic E-state index is 6.09. The minimum atomic E-state index is 0.530. The van der Waals surface area contributed by atoms with E-state index in [0.717, 1.165) is 16.7 Å². The molecule has 0 saturated heterocycles. The lowest BCUT2D eigenvalue weighted by Gasteiger charge is -2.09. The summed E-state index contributed by atoms with van der Waals surface area (Å²) in [6.45, 7) is 2.08. The van der Waals surface area contributed by atoms with Crippen molar-refractivity contribution < 1.29 is 0 Å². The summed E-state index contributed by atoms with van der Waals surface area (Å²) in [6, 6.07) is 14.4. The smallest absolute Gasteiger partial charge is 0.205 e. The van der Waals surface area contributed by atoms with Crippen LogP contribution in [0.3, 0.4) is 0 Å². The largest absolute Gasteiger partial charge is 0.369 e. The number of fused-ring (bicyclic) bond motifs is 1. The highest BCUT2D eigenvalue weighted by Gasteiger charge is 2.11. The zero-order chi connectivity index (χ0) is 13.4. The number of nitrogen functional groups attached to an aromatic ring is 1. The average Bonchev–Trinajstić information content (AvgIpc) is 2.76. The van der Waals surface area contributed by atoms with Crippen molar-refractivity contribution in [1.29, 1.82) is 0 Å². The van der Waals surface area contributed by atoms with Crippen LogP contribution in [0, 0.1) is 6.92 Å². The molecular weight excluding hydrogens is 254 g/mol. The monoisotopic (exact) mass is 269 g/mol. The molecule has 0 saturated carbocycles. The summed E-state index contributed by atoms with van der Waals surface area (Å²) in [6.07, 6.45) is 2.07. The first-order valence-electron chi connectivity index (χ1n) is 6.08. The van der Waals surface area contributed by atoms with Crippen LogP contribution in [0.1, 0.15) is 5.56 Å². The van der Waals surface area contributed by atoms with Gasteiger partial charge in [0.05, 0.1) is 16.7 Å². The summed E-state index contributed by atoms with van der Waals surface area (Å²) in [5.41, 5.74) is 10.3. The molecule has 3 rings (SSSR count). The summed E-state index contributed by atoms with van der Waals surface area (Å²) in [5, 5.41) is 0. The fraction of sp³-hybridized carbons (Fsp3) is 0.133. The quantitative estimate of drug-likeness (QED) is 0.722. The van der Waals surface area contributed by atoms with Crippen LogP contribution < -0.4 is 5.73 Å². The van der Waals surface area contributed by atoms with E-state index in [1.807, 2.05) is 22.8 Å². The van der Waals surface area contributed by atoms with E-state index in [1.54, 1.807) is 11.8 Å². The van der Waals surface area contributed by atoms with Crippen LogP contribution in [0.5, 0.6) is 0 Å². The Labute approximate surface area is 116 Å². The van der Waals surface area contributed by atoms with E-state index in [4.69, 9.17) is 5.73 Å². The molecule has 0 bridgehead atoms. The van der Waals surface area contributed by atoms with Crippen LogP contribution in [0.15, 0.2) is 47.4 Å². The molecule has 2 N–H and O–H groups in total. The van der Waals surface area contributed by atoms with Crippen LogP contribution in [0.25, 0.3) is 16.7 Å². The first-order valence-corrected chi connectivity index (χ1v) is 7.31. The molecule has 3 aromatic rings. The number of benzene rings is 2. The van der Waals surface area contributed by atoms with E-state index in [9.17, 15) is 0 Å². The molecule has 0 spiro atoms. The van der Waals surface area contributed by atoms with Crippen LogP contribution in [-0.2, 0) is 0 Å². The highest BCUT2D eigenvalue weighted by molar-refractivity contribution is 7.98. The summed E-state index contributed by atoms with van der Waals surface area (Å²) in [7, 11) is 0. The second-order valence-electron chi connectivity index (χ2n) is 4.45. The number of aromatic nitrogens is 2. The van der Waals surface area contributed by atoms with Gasteiger partial charge >= 0.3 is 0 Å². The standard InChI is InChI=1S/C15H15N3S/c1-10-5-3-8-13-14(10)18(15(16)17-13)11-6-4-7-12(9-11)19-2/h3-9H,1-2H3,(H2,16,17). The van der Waals surface area contributed by atoms with Gasteiger partial charge in [-0.3, -0.25) is 4.57 Å². The maximum absolute atomic E-state index is 6.09. The number of nitrogens with two attached hydrogens (primary N) is 1. The predicted molar refractivity (Wildman–Crippen MR) is 82.0 cm³/mol. The normalized spacial score (nSPS) is 11.1. The number of hydrogen-bond donors (Lipinski definition) is 1. The average molecular weight is 269 g/mol. The molecule has 2 aromatic carbocycles. The highest BCUT2D eigenvalue weighted by Crippen LogP contribution is 2.27. The number of anilines is 1. The molecule has 0 fully saturated rings. The van der Waals surface area contributed by atoms with Crippen molar-refractivity contribution in [2.75, 3.05) is 12.0 Å². The van der Waals surface area contributed by atoms with E-state index in [2.05, 4.69) is 42.4 Å². The third-order valence-corrected chi connectivity index (χ3v) is 3.94. The van der Waals surface area contributed by atoms with Gasteiger partial charge in [-0.05, 0) is 43.0 Å². The molecule has 0 unspecified atom stereocenters. The third kappa shape index (κ3) is 1.98. The van der Waals surface area contributed by atoms with Crippen LogP contribution >= 0.6 is 11.8 Å². The van der Waals surface area contributed by atoms with Crippen molar-refractivity contribution in [1.82, 2.24) is 9.55 Å². The molecule has 3 nitrogen and oxygen atoms in total. The number of para-hydroxylation sites is 1. The summed E-state index contributed by atoms with van der Waals surface area (Å²) in [5.74, 6) is 0.530. The molecule has 0 aliphatic rings. The Balaban J connectivity index is 2.32. The van der Waals surface area contributed by atoms with Gasteiger partial charge in [-0.25, -0.2) is 4.98 Å². The first kappa shape index (κ1) is 12.1. The van der Waals surface area contributed by atoms with Crippen molar-refractivity contribution in [3.05, 3.63) is 48.0 Å². The Kier molecular flexibility index (Phi) is 2.95. The lowest BCUT2D eigenvalue weighted by atomic mass is 10.2. The summed E-state index contributed by atoms with van der Waals surface area (Å²) < 4.78 is 2.02. The van der Waals surface area contributed by atoms with Crippen molar-refractivity contribution in [3.8, 4) is 5.69 Å². The van der Waals surface area contributed by atoms with Crippen molar-refractivity contribution in [2.24, 2.45) is 0 Å². The van der Waals surface area contributed by atoms with E-state index >= 15 is 0 Å². The minimum Gasteiger partial charge on any atom is -0.369 e. The van der Waals surface area contributed by atoms with E-state index in [1.165, 1.54) is 10.5 Å². The zero-order valence-electron chi connectivity index (χ0n) is 10.9. The molecule has 0 radical (unpaired) electrons. The Morgan fingerprint density at radius 1 is 1.16 bits per heavy atom. The predicted octanol–water partition coefficient (Wildman–Crippen LogP) is 3.64. The van der Waals surface area contributed by atoms with Gasteiger partial charge in [0.15, 0.2) is 0 Å². The van der Waals surface area contributed by atoms with E-state index in [-0.39, 0.29) is 0 Å². The van der Waals surface area contributed by atoms with Gasteiger partial charge in [0.25, 0.3) is 0 Å². The lowest BCUT2D eigenvalue weighted by molar-refractivity contribution is 1.09. The topological polar surface area (TPSA) is 43.8 Å².